The normalized spacial score (nSPS) is 19.7. The van der Waals surface area contributed by atoms with E-state index in [1.54, 1.807) is 0 Å². The summed E-state index contributed by atoms with van der Waals surface area (Å²) in [5, 5.41) is 25.3. The molecule has 1 aliphatic heterocycles. The van der Waals surface area contributed by atoms with Gasteiger partial charge in [-0.25, -0.2) is 9.59 Å². The largest absolute Gasteiger partial charge is 0.480 e. The van der Waals surface area contributed by atoms with Crippen molar-refractivity contribution in [1.82, 2.24) is 20.4 Å². The van der Waals surface area contributed by atoms with Gasteiger partial charge < -0.3 is 42.2 Å². The Morgan fingerprint density at radius 1 is 1.28 bits per heavy atom. The molecule has 2 amide bonds. The molecule has 0 radical (unpaired) electrons. The van der Waals surface area contributed by atoms with Crippen LogP contribution in [0.5, 0.6) is 0 Å². The lowest BCUT2D eigenvalue weighted by Gasteiger charge is -2.24. The van der Waals surface area contributed by atoms with Crippen molar-refractivity contribution >= 4 is 12.0 Å². The Morgan fingerprint density at radius 3 is 2.69 bits per heavy atom. The van der Waals surface area contributed by atoms with Crippen molar-refractivity contribution in [2.75, 3.05) is 13.1 Å². The molecule has 1 aromatic heterocycles. The molecule has 0 bridgehead atoms. The molecule has 12 heteroatoms. The standard InChI is InChI=1S/C17H31N7O5/c18-8-2-1-4-10(19)14-22-15(29-23-14)11(6-7-13(20)25)21-17(28)24-9-3-5-12(24)16(26)27/h10-13,25H,1-9,18-20H2,(H,21,28)(H,26,27)/t10-,11-,12?,13-/m0/s1. The van der Waals surface area contributed by atoms with Crippen LogP contribution in [0.25, 0.3) is 0 Å². The average Bonchev–Trinajstić information content (AvgIpc) is 3.34. The zero-order valence-electron chi connectivity index (χ0n) is 16.4. The fraction of sp³-hybridized carbons (Fsp3) is 0.765. The number of urea groups is 1. The van der Waals surface area contributed by atoms with Crippen LogP contribution in [0.15, 0.2) is 4.52 Å². The number of hydrogen-bond acceptors (Lipinski definition) is 9. The number of carbonyl (C=O) groups is 2. The molecule has 12 nitrogen and oxygen atoms in total. The van der Waals surface area contributed by atoms with Crippen LogP contribution >= 0.6 is 0 Å². The van der Waals surface area contributed by atoms with E-state index in [0.29, 0.717) is 38.2 Å². The Hall–Kier alpha value is -2.28. The third kappa shape index (κ3) is 6.63. The number of aliphatic carboxylic acids is 1. The Kier molecular flexibility index (Phi) is 8.76. The second-order valence-corrected chi connectivity index (χ2v) is 7.22. The molecule has 4 atom stereocenters. The molecule has 1 aliphatic rings. The zero-order chi connectivity index (χ0) is 21.4. The van der Waals surface area contributed by atoms with Crippen molar-refractivity contribution < 1.29 is 24.3 Å². The third-order valence-corrected chi connectivity index (χ3v) is 4.90. The van der Waals surface area contributed by atoms with Gasteiger partial charge in [0.15, 0.2) is 5.82 Å². The first-order chi connectivity index (χ1) is 13.8. The summed E-state index contributed by atoms with van der Waals surface area (Å²) in [7, 11) is 0. The topological polar surface area (TPSA) is 207 Å². The van der Waals surface area contributed by atoms with E-state index in [4.69, 9.17) is 21.7 Å². The van der Waals surface area contributed by atoms with Gasteiger partial charge in [0, 0.05) is 6.54 Å². The van der Waals surface area contributed by atoms with Gasteiger partial charge in [0.2, 0.25) is 5.89 Å². The summed E-state index contributed by atoms with van der Waals surface area (Å²) in [6, 6.07) is -2.57. The highest BCUT2D eigenvalue weighted by Gasteiger charge is 2.35. The Labute approximate surface area is 168 Å². The van der Waals surface area contributed by atoms with Gasteiger partial charge in [0.25, 0.3) is 0 Å². The summed E-state index contributed by atoms with van der Waals surface area (Å²) >= 11 is 0. The van der Waals surface area contributed by atoms with Crippen LogP contribution in [0.1, 0.15) is 68.7 Å². The van der Waals surface area contributed by atoms with Crippen LogP contribution < -0.4 is 22.5 Å². The fourth-order valence-electron chi connectivity index (χ4n) is 3.27. The summed E-state index contributed by atoms with van der Waals surface area (Å²) in [6.07, 6.45) is 2.65. The molecule has 0 saturated carbocycles. The molecule has 2 rings (SSSR count). The SMILES string of the molecule is NCCCC[C@H](N)c1noc([C@H](CC[C@@H](N)O)NC(=O)N2CCCC2C(=O)O)n1. The molecule has 0 aromatic carbocycles. The monoisotopic (exact) mass is 413 g/mol. The number of carboxylic acids is 1. The van der Waals surface area contributed by atoms with Crippen molar-refractivity contribution in [3.8, 4) is 0 Å². The minimum atomic E-state index is -1.08. The number of aliphatic hydroxyl groups excluding tert-OH is 1. The number of amides is 2. The predicted molar refractivity (Wildman–Crippen MR) is 102 cm³/mol. The molecule has 9 N–H and O–H groups in total. The maximum atomic E-state index is 12.6. The number of nitrogens with two attached hydrogens (primary N) is 3. The molecule has 164 valence electrons. The van der Waals surface area contributed by atoms with Crippen LogP contribution in [0.2, 0.25) is 0 Å². The lowest BCUT2D eigenvalue weighted by molar-refractivity contribution is -0.141. The number of rotatable bonds is 11. The molecule has 1 saturated heterocycles. The minimum absolute atomic E-state index is 0.134. The molecular formula is C17H31N7O5. The first-order valence-corrected chi connectivity index (χ1v) is 9.86. The summed E-state index contributed by atoms with van der Waals surface area (Å²) < 4.78 is 5.29. The number of aromatic nitrogens is 2. The molecule has 1 fully saturated rings. The summed E-state index contributed by atoms with van der Waals surface area (Å²) in [5.41, 5.74) is 17.0. The average molecular weight is 413 g/mol. The van der Waals surface area contributed by atoms with Crippen LogP contribution in [0, 0.1) is 0 Å². The van der Waals surface area contributed by atoms with Gasteiger partial charge >= 0.3 is 12.0 Å². The second-order valence-electron chi connectivity index (χ2n) is 7.22. The summed E-state index contributed by atoms with van der Waals surface area (Å²) in [5.74, 6) is -0.599. The van der Waals surface area contributed by atoms with Crippen LogP contribution in [-0.4, -0.2) is 62.6 Å². The maximum absolute atomic E-state index is 12.6. The smallest absolute Gasteiger partial charge is 0.326 e. The van der Waals surface area contributed by atoms with Crippen molar-refractivity contribution in [2.45, 2.75) is 69.3 Å². The van der Waals surface area contributed by atoms with Crippen molar-refractivity contribution in [1.29, 1.82) is 0 Å². The number of nitrogens with one attached hydrogen (secondary N) is 1. The van der Waals surface area contributed by atoms with Gasteiger partial charge in [-0.15, -0.1) is 0 Å². The van der Waals surface area contributed by atoms with Crippen LogP contribution in [0.3, 0.4) is 0 Å². The molecule has 29 heavy (non-hydrogen) atoms. The van der Waals surface area contributed by atoms with Gasteiger partial charge in [-0.3, -0.25) is 0 Å². The number of unbranched alkanes of at least 4 members (excludes halogenated alkanes) is 1. The quantitative estimate of drug-likeness (QED) is 0.203. The highest BCUT2D eigenvalue weighted by Crippen LogP contribution is 2.23. The Bertz CT molecular complexity index is 668. The molecule has 1 unspecified atom stereocenters. The summed E-state index contributed by atoms with van der Waals surface area (Å²) in [6.45, 7) is 0.920. The highest BCUT2D eigenvalue weighted by molar-refractivity contribution is 5.83. The number of carboxylic acid groups (broad SMARTS) is 1. The first kappa shape index (κ1) is 23.0. The number of hydrogen-bond donors (Lipinski definition) is 6. The van der Waals surface area contributed by atoms with Gasteiger partial charge in [0.1, 0.15) is 18.3 Å². The van der Waals surface area contributed by atoms with E-state index in [1.165, 1.54) is 4.90 Å². The number of carbonyl (C=O) groups excluding carboxylic acids is 1. The second kappa shape index (κ2) is 11.0. The fourth-order valence-corrected chi connectivity index (χ4v) is 3.27. The number of nitrogens with zero attached hydrogens (tertiary/aromatic N) is 3. The molecular weight excluding hydrogens is 382 g/mol. The lowest BCUT2D eigenvalue weighted by atomic mass is 10.1. The van der Waals surface area contributed by atoms with Gasteiger partial charge in [-0.05, 0) is 45.1 Å². The zero-order valence-corrected chi connectivity index (χ0v) is 16.4. The van der Waals surface area contributed by atoms with E-state index in [1.807, 2.05) is 0 Å². The maximum Gasteiger partial charge on any atom is 0.326 e. The van der Waals surface area contributed by atoms with Crippen molar-refractivity contribution in [3.05, 3.63) is 11.7 Å². The van der Waals surface area contributed by atoms with Gasteiger partial charge in [-0.1, -0.05) is 11.6 Å². The van der Waals surface area contributed by atoms with E-state index in [0.717, 1.165) is 12.8 Å². The molecule has 1 aromatic rings. The van der Waals surface area contributed by atoms with Gasteiger partial charge in [-0.2, -0.15) is 4.98 Å². The predicted octanol–water partition coefficient (Wildman–Crippen LogP) is -0.445. The molecule has 2 heterocycles. The van der Waals surface area contributed by atoms with E-state index >= 15 is 0 Å². The summed E-state index contributed by atoms with van der Waals surface area (Å²) in [4.78, 5) is 29.5. The highest BCUT2D eigenvalue weighted by atomic mass is 16.5. The van der Waals surface area contributed by atoms with Crippen molar-refractivity contribution in [2.24, 2.45) is 17.2 Å². The Morgan fingerprint density at radius 2 is 2.03 bits per heavy atom. The van der Waals surface area contributed by atoms with Crippen LogP contribution in [0.4, 0.5) is 4.79 Å². The third-order valence-electron chi connectivity index (χ3n) is 4.90. The minimum Gasteiger partial charge on any atom is -0.480 e. The van der Waals surface area contributed by atoms with E-state index in [-0.39, 0.29) is 18.7 Å². The van der Waals surface area contributed by atoms with E-state index < -0.39 is 36.4 Å². The van der Waals surface area contributed by atoms with Crippen molar-refractivity contribution in [3.63, 3.8) is 0 Å². The Balaban J connectivity index is 2.07. The molecule has 0 aliphatic carbocycles. The lowest BCUT2D eigenvalue weighted by Crippen LogP contribution is -2.47. The molecule has 0 spiro atoms. The van der Waals surface area contributed by atoms with E-state index in [9.17, 15) is 19.8 Å². The number of aliphatic hydroxyl groups is 1. The van der Waals surface area contributed by atoms with Crippen LogP contribution in [-0.2, 0) is 4.79 Å². The van der Waals surface area contributed by atoms with Gasteiger partial charge in [0.05, 0.1) is 6.04 Å². The number of likely N-dealkylation sites (tertiary alicyclic amines) is 1. The van der Waals surface area contributed by atoms with E-state index in [2.05, 4.69) is 15.5 Å². The first-order valence-electron chi connectivity index (χ1n) is 9.86.